The number of halogens is 3. The summed E-state index contributed by atoms with van der Waals surface area (Å²) in [5, 5.41) is 0.200. The molecule has 0 spiro atoms. The maximum atomic E-state index is 12.2. The summed E-state index contributed by atoms with van der Waals surface area (Å²) < 4.78 is 28.9. The summed E-state index contributed by atoms with van der Waals surface area (Å²) in [6.07, 6.45) is 1.92. The Balaban J connectivity index is 2.97. The van der Waals surface area contributed by atoms with Crippen molar-refractivity contribution in [2.24, 2.45) is 0 Å². The van der Waals surface area contributed by atoms with Crippen LogP contribution in [0.3, 0.4) is 0 Å². The molecule has 0 aromatic heterocycles. The van der Waals surface area contributed by atoms with Crippen molar-refractivity contribution in [2.45, 2.75) is 17.9 Å². The molecule has 1 rings (SSSR count). The van der Waals surface area contributed by atoms with Crippen molar-refractivity contribution < 1.29 is 18.3 Å². The van der Waals surface area contributed by atoms with Crippen LogP contribution in [-0.4, -0.2) is 24.0 Å². The van der Waals surface area contributed by atoms with Crippen LogP contribution < -0.4 is 4.74 Å². The third-order valence-corrected chi connectivity index (χ3v) is 3.38. The fraction of sp³-hybridized carbons (Fsp3) is 0.364. The van der Waals surface area contributed by atoms with Gasteiger partial charge in [0.2, 0.25) is 0 Å². The second-order valence-corrected chi connectivity index (χ2v) is 4.64. The van der Waals surface area contributed by atoms with E-state index in [4.69, 9.17) is 0 Å². The highest BCUT2D eigenvalue weighted by Crippen LogP contribution is 2.27. The number of carbonyl (C=O) groups is 1. The van der Waals surface area contributed by atoms with E-state index >= 15 is 0 Å². The van der Waals surface area contributed by atoms with E-state index in [9.17, 15) is 13.6 Å². The average molecular weight is 325 g/mol. The molecule has 0 unspecified atom stereocenters. The fourth-order valence-corrected chi connectivity index (χ4v) is 1.90. The van der Waals surface area contributed by atoms with Crippen LogP contribution in [0, 0.1) is 0 Å². The highest BCUT2D eigenvalue weighted by atomic mass is 79.9. The van der Waals surface area contributed by atoms with Gasteiger partial charge >= 0.3 is 6.61 Å². The third kappa shape index (κ3) is 4.63. The smallest absolute Gasteiger partial charge is 0.387 e. The highest BCUT2D eigenvalue weighted by Gasteiger charge is 2.13. The van der Waals surface area contributed by atoms with Crippen LogP contribution in [0.2, 0.25) is 0 Å². The first-order chi connectivity index (χ1) is 8.06. The minimum absolute atomic E-state index is 0.0705. The van der Waals surface area contributed by atoms with Crippen molar-refractivity contribution in [1.29, 1.82) is 0 Å². The summed E-state index contributed by atoms with van der Waals surface area (Å²) >= 11 is 4.46. The van der Waals surface area contributed by atoms with Crippen LogP contribution in [-0.2, 0) is 11.2 Å². The van der Waals surface area contributed by atoms with E-state index in [1.54, 1.807) is 12.1 Å². The van der Waals surface area contributed by atoms with Crippen LogP contribution in [0.25, 0.3) is 0 Å². The summed E-state index contributed by atoms with van der Waals surface area (Å²) in [4.78, 5) is 12.1. The average Bonchev–Trinajstić information content (AvgIpc) is 2.30. The fourth-order valence-electron chi connectivity index (χ4n) is 1.27. The zero-order chi connectivity index (χ0) is 12.8. The Kier molecular flexibility index (Phi) is 5.91. The predicted octanol–water partition coefficient (Wildman–Crippen LogP) is 3.52. The van der Waals surface area contributed by atoms with Crippen LogP contribution in [0.15, 0.2) is 23.1 Å². The van der Waals surface area contributed by atoms with Gasteiger partial charge in [-0.05, 0) is 18.4 Å². The number of rotatable bonds is 6. The van der Waals surface area contributed by atoms with E-state index in [0.717, 1.165) is 4.90 Å². The predicted molar refractivity (Wildman–Crippen MR) is 67.4 cm³/mol. The second-order valence-electron chi connectivity index (χ2n) is 3.20. The molecule has 0 fully saturated rings. The van der Waals surface area contributed by atoms with Gasteiger partial charge in [-0.15, -0.1) is 11.8 Å². The van der Waals surface area contributed by atoms with Gasteiger partial charge in [0.05, 0.1) is 5.33 Å². The second kappa shape index (κ2) is 6.96. The molecule has 0 radical (unpaired) electrons. The van der Waals surface area contributed by atoms with E-state index in [0.29, 0.717) is 5.56 Å². The molecular formula is C11H11BrF2O2S. The number of hydrogen-bond acceptors (Lipinski definition) is 3. The first-order valence-corrected chi connectivity index (χ1v) is 7.10. The Morgan fingerprint density at radius 1 is 1.53 bits per heavy atom. The first kappa shape index (κ1) is 14.4. The molecule has 94 valence electrons. The van der Waals surface area contributed by atoms with E-state index in [1.165, 1.54) is 17.8 Å². The Hall–Kier alpha value is -0.620. The lowest BCUT2D eigenvalue weighted by atomic mass is 10.1. The van der Waals surface area contributed by atoms with Crippen LogP contribution in [0.5, 0.6) is 5.75 Å². The van der Waals surface area contributed by atoms with Crippen molar-refractivity contribution in [1.82, 2.24) is 0 Å². The topological polar surface area (TPSA) is 26.3 Å². The summed E-state index contributed by atoms with van der Waals surface area (Å²) in [7, 11) is 0. The number of thioether (sulfide) groups is 1. The zero-order valence-electron chi connectivity index (χ0n) is 9.08. The van der Waals surface area contributed by atoms with Gasteiger partial charge in [-0.3, -0.25) is 4.79 Å². The molecule has 0 aliphatic rings. The van der Waals surface area contributed by atoms with Gasteiger partial charge < -0.3 is 4.74 Å². The van der Waals surface area contributed by atoms with Gasteiger partial charge in [0.25, 0.3) is 0 Å². The monoisotopic (exact) mass is 324 g/mol. The molecule has 0 saturated carbocycles. The Bertz CT molecular complexity index is 399. The van der Waals surface area contributed by atoms with Crippen LogP contribution >= 0.6 is 27.7 Å². The van der Waals surface area contributed by atoms with E-state index in [2.05, 4.69) is 20.7 Å². The molecule has 0 amide bonds. The van der Waals surface area contributed by atoms with E-state index in [-0.39, 0.29) is 23.3 Å². The molecular weight excluding hydrogens is 314 g/mol. The zero-order valence-corrected chi connectivity index (χ0v) is 11.5. The summed E-state index contributed by atoms with van der Waals surface area (Å²) in [5.74, 6) is -0.0119. The number of alkyl halides is 3. The molecule has 0 heterocycles. The number of hydrogen-bond donors (Lipinski definition) is 0. The van der Waals surface area contributed by atoms with E-state index in [1.807, 2.05) is 6.26 Å². The minimum Gasteiger partial charge on any atom is -0.434 e. The van der Waals surface area contributed by atoms with Crippen molar-refractivity contribution in [3.8, 4) is 5.75 Å². The summed E-state index contributed by atoms with van der Waals surface area (Å²) in [5.41, 5.74) is 0.479. The summed E-state index contributed by atoms with van der Waals surface area (Å²) in [6.45, 7) is -2.88. The van der Waals surface area contributed by atoms with Crippen molar-refractivity contribution in [2.75, 3.05) is 11.6 Å². The van der Waals surface area contributed by atoms with Crippen molar-refractivity contribution >= 4 is 33.5 Å². The quantitative estimate of drug-likeness (QED) is 0.591. The van der Waals surface area contributed by atoms with Gasteiger partial charge in [0.1, 0.15) is 11.5 Å². The Labute approximate surface area is 111 Å². The molecule has 2 nitrogen and oxygen atoms in total. The molecule has 0 atom stereocenters. The SMILES string of the molecule is CSc1ccc(CC(=O)CBr)c(OC(F)F)c1. The normalized spacial score (nSPS) is 10.6. The lowest BCUT2D eigenvalue weighted by molar-refractivity contribution is -0.116. The van der Waals surface area contributed by atoms with Crippen molar-refractivity contribution in [3.05, 3.63) is 23.8 Å². The summed E-state index contributed by atoms with van der Waals surface area (Å²) in [6, 6.07) is 4.94. The molecule has 0 bridgehead atoms. The lowest BCUT2D eigenvalue weighted by Gasteiger charge is -2.11. The lowest BCUT2D eigenvalue weighted by Crippen LogP contribution is -2.09. The first-order valence-electron chi connectivity index (χ1n) is 4.76. The molecule has 17 heavy (non-hydrogen) atoms. The number of ketones is 1. The molecule has 0 aliphatic carbocycles. The van der Waals surface area contributed by atoms with Crippen LogP contribution in [0.4, 0.5) is 8.78 Å². The van der Waals surface area contributed by atoms with Gasteiger partial charge in [-0.1, -0.05) is 22.0 Å². The number of Topliss-reactive ketones (excluding diaryl/α,β-unsaturated/α-hetero) is 1. The number of benzene rings is 1. The Morgan fingerprint density at radius 3 is 2.76 bits per heavy atom. The molecule has 6 heteroatoms. The molecule has 1 aromatic rings. The highest BCUT2D eigenvalue weighted by molar-refractivity contribution is 9.09. The van der Waals surface area contributed by atoms with Crippen molar-refractivity contribution in [3.63, 3.8) is 0 Å². The molecule has 0 saturated heterocycles. The van der Waals surface area contributed by atoms with Gasteiger partial charge in [0.15, 0.2) is 0 Å². The van der Waals surface area contributed by atoms with E-state index < -0.39 is 6.61 Å². The van der Waals surface area contributed by atoms with Gasteiger partial charge in [0, 0.05) is 16.9 Å². The minimum atomic E-state index is -2.88. The molecule has 1 aromatic carbocycles. The number of carbonyl (C=O) groups excluding carboxylic acids is 1. The van der Waals surface area contributed by atoms with Gasteiger partial charge in [-0.2, -0.15) is 8.78 Å². The molecule has 0 aliphatic heterocycles. The largest absolute Gasteiger partial charge is 0.434 e. The number of ether oxygens (including phenoxy) is 1. The Morgan fingerprint density at radius 2 is 2.24 bits per heavy atom. The molecule has 0 N–H and O–H groups in total. The third-order valence-electron chi connectivity index (χ3n) is 2.03. The maximum absolute atomic E-state index is 12.2. The standard InChI is InChI=1S/C11H11BrF2O2S/c1-17-9-3-2-7(4-8(15)6-12)10(5-9)16-11(13)14/h2-3,5,11H,4,6H2,1H3. The van der Waals surface area contributed by atoms with Gasteiger partial charge in [-0.25, -0.2) is 0 Å². The maximum Gasteiger partial charge on any atom is 0.387 e. The van der Waals surface area contributed by atoms with Crippen LogP contribution in [0.1, 0.15) is 5.56 Å².